The first-order chi connectivity index (χ1) is 18.1. The lowest BCUT2D eigenvalue weighted by Gasteiger charge is -2.36. The Labute approximate surface area is 232 Å². The zero-order valence-electron chi connectivity index (χ0n) is 24.7. The summed E-state index contributed by atoms with van der Waals surface area (Å²) in [5.74, 6) is 0.647. The Morgan fingerprint density at radius 1 is 1.08 bits per heavy atom. The summed E-state index contributed by atoms with van der Waals surface area (Å²) in [7, 11) is -0.381. The smallest absolute Gasteiger partial charge is 0.419 e. The number of fused-ring (bicyclic) bond motifs is 1. The Hall–Kier alpha value is -2.91. The molecule has 0 radical (unpaired) electrons. The largest absolute Gasteiger partial charge is 0.543 e. The molecule has 3 heterocycles. The number of pyridine rings is 1. The van der Waals surface area contributed by atoms with Gasteiger partial charge in [0.2, 0.25) is 14.3 Å². The van der Waals surface area contributed by atoms with Crippen LogP contribution in [0.2, 0.25) is 18.1 Å². The van der Waals surface area contributed by atoms with E-state index in [1.54, 1.807) is 25.3 Å². The summed E-state index contributed by atoms with van der Waals surface area (Å²) in [5.41, 5.74) is 0.509. The van der Waals surface area contributed by atoms with Crippen LogP contribution in [0.25, 0.3) is 22.2 Å². The molecule has 1 fully saturated rings. The van der Waals surface area contributed by atoms with Crippen LogP contribution >= 0.6 is 0 Å². The Morgan fingerprint density at radius 3 is 2.41 bits per heavy atom. The average Bonchev–Trinajstić information content (AvgIpc) is 3.20. The topological polar surface area (TPSA) is 65.8 Å². The minimum Gasteiger partial charge on any atom is -0.543 e. The van der Waals surface area contributed by atoms with E-state index < -0.39 is 26.0 Å². The standard InChI is InChI=1S/C30H42FN3O4Si/c1-29(2,3)37-28(35)34-24-14-12-21(38-39(8,9)30(4,5)6)17-20(24)18-25(34)23-13-15-26(32-27(23)31)33-16-10-11-22(19-33)36-7/h12-15,17-18,22H,10-11,16,19H2,1-9H3/t22-/m0/s1. The average molecular weight is 556 g/mol. The molecule has 4 rings (SSSR count). The molecule has 0 bridgehead atoms. The number of benzene rings is 1. The summed E-state index contributed by atoms with van der Waals surface area (Å²) in [6.45, 7) is 17.8. The first-order valence-corrected chi connectivity index (χ1v) is 16.5. The lowest BCUT2D eigenvalue weighted by Crippen LogP contribution is -2.43. The number of carbonyl (C=O) groups is 1. The van der Waals surface area contributed by atoms with Crippen LogP contribution in [0.3, 0.4) is 0 Å². The number of methoxy groups -OCH3 is 1. The second-order valence-corrected chi connectivity index (χ2v) is 17.6. The fourth-order valence-electron chi connectivity index (χ4n) is 4.54. The Balaban J connectivity index is 1.78. The van der Waals surface area contributed by atoms with Gasteiger partial charge >= 0.3 is 6.09 Å². The van der Waals surface area contributed by atoms with E-state index in [4.69, 9.17) is 13.9 Å². The van der Waals surface area contributed by atoms with Gasteiger partial charge in [-0.1, -0.05) is 20.8 Å². The number of carbonyl (C=O) groups excluding carboxylic acids is 1. The molecule has 7 nitrogen and oxygen atoms in total. The van der Waals surface area contributed by atoms with Crippen LogP contribution in [0.5, 0.6) is 5.75 Å². The van der Waals surface area contributed by atoms with Crippen molar-refractivity contribution in [1.29, 1.82) is 0 Å². The van der Waals surface area contributed by atoms with Gasteiger partial charge in [-0.2, -0.15) is 4.39 Å². The van der Waals surface area contributed by atoms with Gasteiger partial charge in [0.1, 0.15) is 17.2 Å². The molecule has 0 saturated carbocycles. The van der Waals surface area contributed by atoms with Crippen molar-refractivity contribution in [3.05, 3.63) is 42.3 Å². The molecule has 1 aliphatic heterocycles. The molecule has 39 heavy (non-hydrogen) atoms. The van der Waals surface area contributed by atoms with Crippen LogP contribution in [0, 0.1) is 5.95 Å². The molecular weight excluding hydrogens is 513 g/mol. The minimum absolute atomic E-state index is 0.0315. The molecule has 0 spiro atoms. The zero-order valence-corrected chi connectivity index (χ0v) is 25.7. The van der Waals surface area contributed by atoms with Gasteiger partial charge in [-0.3, -0.25) is 0 Å². The van der Waals surface area contributed by atoms with Crippen LogP contribution < -0.4 is 9.33 Å². The number of halogens is 1. The lowest BCUT2D eigenvalue weighted by atomic mass is 10.1. The summed E-state index contributed by atoms with van der Waals surface area (Å²) in [4.78, 5) is 19.8. The van der Waals surface area contributed by atoms with E-state index in [0.29, 0.717) is 23.6 Å². The van der Waals surface area contributed by atoms with Gasteiger partial charge in [0.15, 0.2) is 0 Å². The predicted octanol–water partition coefficient (Wildman–Crippen LogP) is 7.62. The van der Waals surface area contributed by atoms with Crippen molar-refractivity contribution >= 4 is 31.1 Å². The van der Waals surface area contributed by atoms with Crippen molar-refractivity contribution in [2.75, 3.05) is 25.1 Å². The number of nitrogens with zero attached hydrogens (tertiary/aromatic N) is 3. The van der Waals surface area contributed by atoms with E-state index in [0.717, 1.165) is 30.5 Å². The fraction of sp³-hybridized carbons (Fsp3) is 0.533. The first-order valence-electron chi connectivity index (χ1n) is 13.6. The highest BCUT2D eigenvalue weighted by Crippen LogP contribution is 2.39. The molecule has 212 valence electrons. The molecule has 0 unspecified atom stereocenters. The Morgan fingerprint density at radius 2 is 1.79 bits per heavy atom. The molecule has 0 aliphatic carbocycles. The van der Waals surface area contributed by atoms with E-state index in [-0.39, 0.29) is 16.7 Å². The number of aromatic nitrogens is 2. The van der Waals surface area contributed by atoms with E-state index in [1.165, 1.54) is 4.57 Å². The van der Waals surface area contributed by atoms with Crippen molar-refractivity contribution in [1.82, 2.24) is 9.55 Å². The summed E-state index contributed by atoms with van der Waals surface area (Å²) in [5, 5.41) is 0.790. The third kappa shape index (κ3) is 6.30. The summed E-state index contributed by atoms with van der Waals surface area (Å²) in [6, 6.07) is 10.9. The Bertz CT molecular complexity index is 1360. The van der Waals surface area contributed by atoms with Crippen molar-refractivity contribution in [2.24, 2.45) is 0 Å². The molecular formula is C30H42FN3O4Si. The van der Waals surface area contributed by atoms with Gasteiger partial charge < -0.3 is 18.8 Å². The van der Waals surface area contributed by atoms with Gasteiger partial charge in [0.25, 0.3) is 0 Å². The van der Waals surface area contributed by atoms with Crippen LogP contribution in [0.4, 0.5) is 15.0 Å². The quantitative estimate of drug-likeness (QED) is 0.238. The highest BCUT2D eigenvalue weighted by atomic mass is 28.4. The maximum atomic E-state index is 15.7. The molecule has 0 N–H and O–H groups in total. The van der Waals surface area contributed by atoms with Crippen molar-refractivity contribution < 1.29 is 23.1 Å². The maximum Gasteiger partial charge on any atom is 0.419 e. The van der Waals surface area contributed by atoms with Crippen LogP contribution in [-0.2, 0) is 9.47 Å². The second-order valence-electron chi connectivity index (χ2n) is 12.9. The lowest BCUT2D eigenvalue weighted by molar-refractivity contribution is 0.0547. The van der Waals surface area contributed by atoms with Gasteiger partial charge in [0.05, 0.1) is 22.9 Å². The number of piperidine rings is 1. The number of hydrogen-bond donors (Lipinski definition) is 0. The number of anilines is 1. The third-order valence-corrected chi connectivity index (χ3v) is 12.0. The SMILES string of the molecule is CO[C@H]1CCCN(c2ccc(-c3cc4cc(O[Si](C)(C)C(C)(C)C)ccc4n3C(=O)OC(C)(C)C)c(F)n2)C1. The van der Waals surface area contributed by atoms with Crippen LogP contribution in [0.1, 0.15) is 54.4 Å². The zero-order chi connectivity index (χ0) is 28.8. The molecule has 1 saturated heterocycles. The minimum atomic E-state index is -2.08. The molecule has 1 aromatic carbocycles. The third-order valence-electron chi connectivity index (χ3n) is 7.67. The number of hydrogen-bond acceptors (Lipinski definition) is 6. The number of rotatable bonds is 5. The first kappa shape index (κ1) is 29.1. The van der Waals surface area contributed by atoms with Crippen molar-refractivity contribution in [3.63, 3.8) is 0 Å². The molecule has 9 heteroatoms. The fourth-order valence-corrected chi connectivity index (χ4v) is 5.56. The van der Waals surface area contributed by atoms with Gasteiger partial charge in [-0.25, -0.2) is 14.3 Å². The van der Waals surface area contributed by atoms with Crippen LogP contribution in [-0.4, -0.2) is 55.9 Å². The van der Waals surface area contributed by atoms with E-state index in [9.17, 15) is 4.79 Å². The molecule has 1 atom stereocenters. The van der Waals surface area contributed by atoms with Gasteiger partial charge in [-0.05, 0) is 88.1 Å². The van der Waals surface area contributed by atoms with Crippen molar-refractivity contribution in [2.45, 2.75) is 84.2 Å². The molecule has 3 aromatic rings. The highest BCUT2D eigenvalue weighted by molar-refractivity contribution is 6.74. The monoisotopic (exact) mass is 555 g/mol. The number of ether oxygens (including phenoxy) is 2. The normalized spacial score (nSPS) is 17.0. The summed E-state index contributed by atoms with van der Waals surface area (Å²) >= 11 is 0. The van der Waals surface area contributed by atoms with E-state index >= 15 is 4.39 Å². The second kappa shape index (κ2) is 10.6. The van der Waals surface area contributed by atoms with Crippen molar-refractivity contribution in [3.8, 4) is 17.0 Å². The predicted molar refractivity (Wildman–Crippen MR) is 157 cm³/mol. The summed E-state index contributed by atoms with van der Waals surface area (Å²) in [6.07, 6.45) is 1.45. The molecule has 1 aliphatic rings. The molecule has 2 aromatic heterocycles. The van der Waals surface area contributed by atoms with Gasteiger partial charge in [0, 0.05) is 25.6 Å². The van der Waals surface area contributed by atoms with Crippen LogP contribution in [0.15, 0.2) is 36.4 Å². The van der Waals surface area contributed by atoms with E-state index in [1.807, 2.05) is 43.9 Å². The van der Waals surface area contributed by atoms with Gasteiger partial charge in [-0.15, -0.1) is 0 Å². The molecule has 0 amide bonds. The Kier molecular flexibility index (Phi) is 7.89. The van der Waals surface area contributed by atoms with E-state index in [2.05, 4.69) is 38.8 Å². The summed E-state index contributed by atoms with van der Waals surface area (Å²) < 4.78 is 34.8. The maximum absolute atomic E-state index is 15.7. The highest BCUT2D eigenvalue weighted by Gasteiger charge is 2.39.